The van der Waals surface area contributed by atoms with Crippen LogP contribution in [-0.2, 0) is 6.54 Å². The molecule has 2 rings (SSSR count). The number of hydrogen-bond donors (Lipinski definition) is 2. The van der Waals surface area contributed by atoms with Crippen LogP contribution in [0.4, 0.5) is 4.79 Å². The molecule has 0 aliphatic rings. The average Bonchev–Trinajstić information content (AvgIpc) is 2.54. The molecule has 0 spiro atoms. The van der Waals surface area contributed by atoms with E-state index in [2.05, 4.69) is 15.6 Å². The average molecular weight is 297 g/mol. The number of amides is 2. The van der Waals surface area contributed by atoms with E-state index in [0.717, 1.165) is 11.3 Å². The zero-order chi connectivity index (χ0) is 15.8. The minimum atomic E-state index is -0.303. The van der Waals surface area contributed by atoms with Crippen LogP contribution in [0.5, 0.6) is 0 Å². The number of ketones is 1. The molecule has 2 N–H and O–H groups in total. The number of carbonyl (C=O) groups is 2. The summed E-state index contributed by atoms with van der Waals surface area (Å²) in [5, 5.41) is 5.36. The fraction of sp³-hybridized carbons (Fsp3) is 0.235. The Labute approximate surface area is 129 Å². The molecular formula is C17H19N3O2. The van der Waals surface area contributed by atoms with Crippen molar-refractivity contribution >= 4 is 11.8 Å². The Morgan fingerprint density at radius 2 is 1.82 bits per heavy atom. The van der Waals surface area contributed by atoms with E-state index in [1.165, 1.54) is 0 Å². The highest BCUT2D eigenvalue weighted by Crippen LogP contribution is 2.05. The number of pyridine rings is 1. The lowest BCUT2D eigenvalue weighted by atomic mass is 10.1. The summed E-state index contributed by atoms with van der Waals surface area (Å²) >= 11 is 0. The first-order chi connectivity index (χ1) is 10.6. The van der Waals surface area contributed by atoms with Crippen molar-refractivity contribution in [2.75, 3.05) is 6.54 Å². The zero-order valence-corrected chi connectivity index (χ0v) is 12.5. The van der Waals surface area contributed by atoms with Gasteiger partial charge in [0.2, 0.25) is 0 Å². The number of nitrogens with zero attached hydrogens (tertiary/aromatic N) is 1. The molecule has 0 unspecified atom stereocenters. The molecule has 5 heteroatoms. The van der Waals surface area contributed by atoms with Gasteiger partial charge in [0, 0.05) is 24.7 Å². The van der Waals surface area contributed by atoms with Gasteiger partial charge in [-0.2, -0.15) is 0 Å². The van der Waals surface area contributed by atoms with E-state index in [0.29, 0.717) is 18.7 Å². The van der Waals surface area contributed by atoms with Gasteiger partial charge in [-0.25, -0.2) is 4.79 Å². The van der Waals surface area contributed by atoms with Gasteiger partial charge in [-0.1, -0.05) is 35.9 Å². The number of aryl methyl sites for hydroxylation is 1. The summed E-state index contributed by atoms with van der Waals surface area (Å²) in [6, 6.07) is 12.6. The van der Waals surface area contributed by atoms with Gasteiger partial charge >= 0.3 is 6.03 Å². The predicted molar refractivity (Wildman–Crippen MR) is 84.6 cm³/mol. The molecule has 1 aromatic carbocycles. The second-order valence-corrected chi connectivity index (χ2v) is 4.97. The second-order valence-electron chi connectivity index (χ2n) is 4.97. The highest BCUT2D eigenvalue weighted by Gasteiger charge is 2.06. The maximum Gasteiger partial charge on any atom is 0.315 e. The Morgan fingerprint density at radius 3 is 2.50 bits per heavy atom. The second kappa shape index (κ2) is 7.93. The van der Waals surface area contributed by atoms with Crippen LogP contribution < -0.4 is 10.6 Å². The maximum atomic E-state index is 11.9. The van der Waals surface area contributed by atoms with Crippen molar-refractivity contribution in [2.45, 2.75) is 19.9 Å². The smallest absolute Gasteiger partial charge is 0.315 e. The number of nitrogens with one attached hydrogen (secondary N) is 2. The first kappa shape index (κ1) is 15.7. The Bertz CT molecular complexity index is 624. The molecule has 1 aromatic heterocycles. The van der Waals surface area contributed by atoms with Crippen molar-refractivity contribution in [3.05, 3.63) is 65.5 Å². The van der Waals surface area contributed by atoms with Gasteiger partial charge in [0.05, 0.1) is 12.2 Å². The van der Waals surface area contributed by atoms with Gasteiger partial charge in [0.15, 0.2) is 5.78 Å². The molecule has 0 saturated carbocycles. The van der Waals surface area contributed by atoms with Gasteiger partial charge in [-0.15, -0.1) is 0 Å². The van der Waals surface area contributed by atoms with Crippen molar-refractivity contribution in [2.24, 2.45) is 0 Å². The normalized spacial score (nSPS) is 10.0. The molecular weight excluding hydrogens is 278 g/mol. The Kier molecular flexibility index (Phi) is 5.65. The summed E-state index contributed by atoms with van der Waals surface area (Å²) in [6.07, 6.45) is 1.95. The molecule has 0 fully saturated rings. The number of aromatic nitrogens is 1. The third kappa shape index (κ3) is 5.01. The van der Waals surface area contributed by atoms with Gasteiger partial charge < -0.3 is 10.6 Å². The highest BCUT2D eigenvalue weighted by atomic mass is 16.2. The van der Waals surface area contributed by atoms with Gasteiger partial charge in [0.1, 0.15) is 0 Å². The van der Waals surface area contributed by atoms with Crippen LogP contribution in [0.15, 0.2) is 48.7 Å². The van der Waals surface area contributed by atoms with Crippen LogP contribution in [-0.4, -0.2) is 23.3 Å². The SMILES string of the molecule is Cc1ccc(C(=O)CCNC(=O)NCc2ccccn2)cc1. The highest BCUT2D eigenvalue weighted by molar-refractivity contribution is 5.96. The van der Waals surface area contributed by atoms with E-state index < -0.39 is 0 Å². The van der Waals surface area contributed by atoms with E-state index in [1.807, 2.05) is 37.3 Å². The molecule has 0 saturated heterocycles. The summed E-state index contributed by atoms with van der Waals surface area (Å²) in [6.45, 7) is 2.64. The molecule has 2 aromatic rings. The summed E-state index contributed by atoms with van der Waals surface area (Å²) in [4.78, 5) is 27.7. The summed E-state index contributed by atoms with van der Waals surface area (Å²) in [5.74, 6) is 0.0185. The Balaban J connectivity index is 1.68. The fourth-order valence-electron chi connectivity index (χ4n) is 1.91. The van der Waals surface area contributed by atoms with Gasteiger partial charge in [-0.3, -0.25) is 9.78 Å². The van der Waals surface area contributed by atoms with E-state index in [9.17, 15) is 9.59 Å². The van der Waals surface area contributed by atoms with Crippen LogP contribution in [0.25, 0.3) is 0 Å². The van der Waals surface area contributed by atoms with E-state index in [-0.39, 0.29) is 18.2 Å². The lowest BCUT2D eigenvalue weighted by Gasteiger charge is -2.07. The quantitative estimate of drug-likeness (QED) is 0.805. The molecule has 114 valence electrons. The molecule has 22 heavy (non-hydrogen) atoms. The van der Waals surface area contributed by atoms with E-state index >= 15 is 0 Å². The Morgan fingerprint density at radius 1 is 1.05 bits per heavy atom. The van der Waals surface area contributed by atoms with Crippen molar-refractivity contribution in [1.82, 2.24) is 15.6 Å². The largest absolute Gasteiger partial charge is 0.338 e. The summed E-state index contributed by atoms with van der Waals surface area (Å²) in [5.41, 5.74) is 2.57. The van der Waals surface area contributed by atoms with Crippen LogP contribution in [0.1, 0.15) is 28.0 Å². The van der Waals surface area contributed by atoms with Gasteiger partial charge in [-0.05, 0) is 19.1 Å². The molecule has 5 nitrogen and oxygen atoms in total. The van der Waals surface area contributed by atoms with Gasteiger partial charge in [0.25, 0.3) is 0 Å². The number of rotatable bonds is 6. The molecule has 0 atom stereocenters. The summed E-state index contributed by atoms with van der Waals surface area (Å²) in [7, 11) is 0. The topological polar surface area (TPSA) is 71.1 Å². The first-order valence-electron chi connectivity index (χ1n) is 7.16. The minimum Gasteiger partial charge on any atom is -0.338 e. The molecule has 0 aliphatic heterocycles. The lowest BCUT2D eigenvalue weighted by molar-refractivity contribution is 0.0983. The van der Waals surface area contributed by atoms with Crippen LogP contribution in [0, 0.1) is 6.92 Å². The van der Waals surface area contributed by atoms with Crippen LogP contribution >= 0.6 is 0 Å². The number of Topliss-reactive ketones (excluding diaryl/α,β-unsaturated/α-hetero) is 1. The number of carbonyl (C=O) groups excluding carboxylic acids is 2. The van der Waals surface area contributed by atoms with E-state index in [4.69, 9.17) is 0 Å². The van der Waals surface area contributed by atoms with Crippen LogP contribution in [0.3, 0.4) is 0 Å². The summed E-state index contributed by atoms with van der Waals surface area (Å²) < 4.78 is 0. The number of urea groups is 1. The standard InChI is InChI=1S/C17H19N3O2/c1-13-5-7-14(8-6-13)16(21)9-11-19-17(22)20-12-15-4-2-3-10-18-15/h2-8,10H,9,11-12H2,1H3,(H2,19,20,22). The van der Waals surface area contributed by atoms with Crippen molar-refractivity contribution < 1.29 is 9.59 Å². The lowest BCUT2D eigenvalue weighted by Crippen LogP contribution is -2.36. The third-order valence-corrected chi connectivity index (χ3v) is 3.17. The molecule has 0 bridgehead atoms. The van der Waals surface area contributed by atoms with E-state index in [1.54, 1.807) is 18.3 Å². The minimum absolute atomic E-state index is 0.0185. The molecule has 2 amide bonds. The Hall–Kier alpha value is -2.69. The van der Waals surface area contributed by atoms with Crippen molar-refractivity contribution in [1.29, 1.82) is 0 Å². The molecule has 0 aliphatic carbocycles. The number of hydrogen-bond acceptors (Lipinski definition) is 3. The molecule has 0 radical (unpaired) electrons. The van der Waals surface area contributed by atoms with Crippen molar-refractivity contribution in [3.8, 4) is 0 Å². The predicted octanol–water partition coefficient (Wildman–Crippen LogP) is 2.46. The third-order valence-electron chi connectivity index (χ3n) is 3.17. The number of benzene rings is 1. The maximum absolute atomic E-state index is 11.9. The van der Waals surface area contributed by atoms with Crippen molar-refractivity contribution in [3.63, 3.8) is 0 Å². The zero-order valence-electron chi connectivity index (χ0n) is 12.5. The fourth-order valence-corrected chi connectivity index (χ4v) is 1.91. The first-order valence-corrected chi connectivity index (χ1v) is 7.16. The van der Waals surface area contributed by atoms with Crippen LogP contribution in [0.2, 0.25) is 0 Å². The molecule has 1 heterocycles. The monoisotopic (exact) mass is 297 g/mol.